The van der Waals surface area contributed by atoms with E-state index in [1.165, 1.54) is 12.8 Å². The van der Waals surface area contributed by atoms with Gasteiger partial charge in [-0.05, 0) is 56.3 Å². The minimum Gasteiger partial charge on any atom is -0.463 e. The van der Waals surface area contributed by atoms with Crippen molar-refractivity contribution >= 4 is 17.5 Å². The summed E-state index contributed by atoms with van der Waals surface area (Å²) >= 11 is 6.12. The summed E-state index contributed by atoms with van der Waals surface area (Å²) in [6.07, 6.45) is 4.06. The minimum absolute atomic E-state index is 0.167. The number of halogens is 1. The fraction of sp³-hybridized carbons (Fsp3) is 0.300. The monoisotopic (exact) mass is 384 g/mol. The summed E-state index contributed by atoms with van der Waals surface area (Å²) in [6.45, 7) is 3.69. The Kier molecular flexibility index (Phi) is 5.27. The van der Waals surface area contributed by atoms with E-state index in [2.05, 4.69) is 15.3 Å². The van der Waals surface area contributed by atoms with Gasteiger partial charge in [0.15, 0.2) is 5.76 Å². The van der Waals surface area contributed by atoms with Crippen molar-refractivity contribution in [2.24, 2.45) is 0 Å². The number of nitrogens with one attached hydrogen (secondary N) is 1. The molecule has 0 saturated carbocycles. The van der Waals surface area contributed by atoms with E-state index in [1.807, 2.05) is 18.2 Å². The highest BCUT2D eigenvalue weighted by molar-refractivity contribution is 6.30. The average molecular weight is 385 g/mol. The summed E-state index contributed by atoms with van der Waals surface area (Å²) in [5.74, 6) is 0.446. The van der Waals surface area contributed by atoms with Crippen molar-refractivity contribution in [3.63, 3.8) is 0 Å². The lowest BCUT2D eigenvalue weighted by Gasteiger charge is -2.15. The maximum atomic E-state index is 12.8. The predicted molar refractivity (Wildman–Crippen MR) is 104 cm³/mol. The zero-order chi connectivity index (χ0) is 18.6. The van der Waals surface area contributed by atoms with Crippen molar-refractivity contribution in [1.82, 2.24) is 20.0 Å². The van der Waals surface area contributed by atoms with Crippen LogP contribution in [0.4, 0.5) is 0 Å². The number of carbonyl (C=O) groups excluding carboxylic acids is 1. The Morgan fingerprint density at radius 1 is 1.19 bits per heavy atom. The molecule has 0 bridgehead atoms. The Labute approximate surface area is 162 Å². The third-order valence-corrected chi connectivity index (χ3v) is 4.92. The van der Waals surface area contributed by atoms with Gasteiger partial charge in [0.2, 0.25) is 0 Å². The number of furan rings is 1. The molecule has 140 valence electrons. The second-order valence-corrected chi connectivity index (χ2v) is 7.02. The first-order valence-electron chi connectivity index (χ1n) is 9.11. The van der Waals surface area contributed by atoms with E-state index in [0.717, 1.165) is 25.3 Å². The molecule has 0 aliphatic carbocycles. The zero-order valence-electron chi connectivity index (χ0n) is 14.9. The van der Waals surface area contributed by atoms with Gasteiger partial charge in [-0.1, -0.05) is 17.7 Å². The van der Waals surface area contributed by atoms with Gasteiger partial charge in [-0.25, -0.2) is 4.68 Å². The van der Waals surface area contributed by atoms with Crippen molar-refractivity contribution < 1.29 is 9.21 Å². The molecular weight excluding hydrogens is 364 g/mol. The molecule has 1 aliphatic heterocycles. The third-order valence-electron chi connectivity index (χ3n) is 4.68. The zero-order valence-corrected chi connectivity index (χ0v) is 15.7. The summed E-state index contributed by atoms with van der Waals surface area (Å²) in [7, 11) is 0. The molecule has 1 aliphatic rings. The number of amides is 1. The van der Waals surface area contributed by atoms with Crippen LogP contribution in [0, 0.1) is 0 Å². The van der Waals surface area contributed by atoms with Crippen molar-refractivity contribution in [1.29, 1.82) is 0 Å². The molecule has 27 heavy (non-hydrogen) atoms. The standard InChI is InChI=1S/C20H21ClN4O2/c21-15-5-3-6-16(13-15)25-18(14-17(23-25)19-7-4-12-27-19)20(26)22-8-11-24-9-1-2-10-24/h3-7,12-14H,1-2,8-11H2,(H,22,26). The number of hydrogen-bond acceptors (Lipinski definition) is 4. The molecule has 3 aromatic rings. The quantitative estimate of drug-likeness (QED) is 0.705. The lowest BCUT2D eigenvalue weighted by Crippen LogP contribution is -2.34. The molecule has 0 spiro atoms. The molecule has 1 fully saturated rings. The normalized spacial score (nSPS) is 14.6. The molecule has 1 amide bonds. The van der Waals surface area contributed by atoms with Gasteiger partial charge in [-0.2, -0.15) is 5.10 Å². The fourth-order valence-corrected chi connectivity index (χ4v) is 3.50. The Morgan fingerprint density at radius 3 is 2.78 bits per heavy atom. The number of nitrogens with zero attached hydrogens (tertiary/aromatic N) is 3. The Hall–Kier alpha value is -2.57. The van der Waals surface area contributed by atoms with Crippen LogP contribution in [0.2, 0.25) is 5.02 Å². The van der Waals surface area contributed by atoms with Crippen LogP contribution in [0.25, 0.3) is 17.1 Å². The molecule has 3 heterocycles. The Bertz CT molecular complexity index is 914. The second kappa shape index (κ2) is 7.98. The van der Waals surface area contributed by atoms with Gasteiger partial charge in [0.05, 0.1) is 12.0 Å². The van der Waals surface area contributed by atoms with E-state index in [-0.39, 0.29) is 5.91 Å². The summed E-state index contributed by atoms with van der Waals surface area (Å²) in [5.41, 5.74) is 1.78. The first-order chi connectivity index (χ1) is 13.2. The summed E-state index contributed by atoms with van der Waals surface area (Å²) in [4.78, 5) is 15.2. The highest BCUT2D eigenvalue weighted by Crippen LogP contribution is 2.23. The topological polar surface area (TPSA) is 63.3 Å². The number of hydrogen-bond donors (Lipinski definition) is 1. The van der Waals surface area contributed by atoms with Gasteiger partial charge in [0.1, 0.15) is 11.4 Å². The molecule has 4 rings (SSSR count). The Balaban J connectivity index is 1.58. The smallest absolute Gasteiger partial charge is 0.270 e. The van der Waals surface area contributed by atoms with Gasteiger partial charge >= 0.3 is 0 Å². The second-order valence-electron chi connectivity index (χ2n) is 6.59. The number of aromatic nitrogens is 2. The molecule has 1 N–H and O–H groups in total. The lowest BCUT2D eigenvalue weighted by atomic mass is 10.2. The van der Waals surface area contributed by atoms with Crippen molar-refractivity contribution in [3.05, 3.63) is 59.4 Å². The molecule has 6 nitrogen and oxygen atoms in total. The highest BCUT2D eigenvalue weighted by Gasteiger charge is 2.19. The molecule has 0 unspecified atom stereocenters. The first kappa shape index (κ1) is 17.8. The van der Waals surface area contributed by atoms with Crippen LogP contribution in [0.1, 0.15) is 23.3 Å². The molecule has 1 aromatic carbocycles. The lowest BCUT2D eigenvalue weighted by molar-refractivity contribution is 0.0942. The largest absolute Gasteiger partial charge is 0.463 e. The van der Waals surface area contributed by atoms with Crippen LogP contribution in [0.3, 0.4) is 0 Å². The van der Waals surface area contributed by atoms with E-state index in [4.69, 9.17) is 16.0 Å². The van der Waals surface area contributed by atoms with Crippen LogP contribution < -0.4 is 5.32 Å². The SMILES string of the molecule is O=C(NCCN1CCCC1)c1cc(-c2ccco2)nn1-c1cccc(Cl)c1. The number of rotatable bonds is 6. The van der Waals surface area contributed by atoms with Crippen molar-refractivity contribution in [2.45, 2.75) is 12.8 Å². The van der Waals surface area contributed by atoms with E-state index in [1.54, 1.807) is 35.2 Å². The summed E-state index contributed by atoms with van der Waals surface area (Å²) in [5, 5.41) is 8.15. The maximum absolute atomic E-state index is 12.8. The van der Waals surface area contributed by atoms with Crippen LogP contribution in [-0.4, -0.2) is 46.8 Å². The number of likely N-dealkylation sites (tertiary alicyclic amines) is 1. The van der Waals surface area contributed by atoms with Crippen LogP contribution in [-0.2, 0) is 0 Å². The molecule has 0 radical (unpaired) electrons. The van der Waals surface area contributed by atoms with Crippen molar-refractivity contribution in [3.8, 4) is 17.1 Å². The van der Waals surface area contributed by atoms with Gasteiger partial charge in [-0.15, -0.1) is 0 Å². The summed E-state index contributed by atoms with van der Waals surface area (Å²) in [6, 6.07) is 12.6. The van der Waals surface area contributed by atoms with E-state index >= 15 is 0 Å². The number of carbonyl (C=O) groups is 1. The molecule has 7 heteroatoms. The van der Waals surface area contributed by atoms with Crippen LogP contribution in [0.5, 0.6) is 0 Å². The Morgan fingerprint density at radius 2 is 2.04 bits per heavy atom. The predicted octanol–water partition coefficient (Wildman–Crippen LogP) is 3.61. The average Bonchev–Trinajstić information content (AvgIpc) is 3.42. The maximum Gasteiger partial charge on any atom is 0.270 e. The molecule has 2 aromatic heterocycles. The highest BCUT2D eigenvalue weighted by atomic mass is 35.5. The van der Waals surface area contributed by atoms with Crippen LogP contribution >= 0.6 is 11.6 Å². The van der Waals surface area contributed by atoms with E-state index in [0.29, 0.717) is 28.7 Å². The summed E-state index contributed by atoms with van der Waals surface area (Å²) < 4.78 is 7.04. The minimum atomic E-state index is -0.167. The molecule has 0 atom stereocenters. The van der Waals surface area contributed by atoms with E-state index < -0.39 is 0 Å². The first-order valence-corrected chi connectivity index (χ1v) is 9.49. The van der Waals surface area contributed by atoms with Crippen molar-refractivity contribution in [2.75, 3.05) is 26.2 Å². The van der Waals surface area contributed by atoms with E-state index in [9.17, 15) is 4.79 Å². The molecule has 1 saturated heterocycles. The number of benzene rings is 1. The van der Waals surface area contributed by atoms with Gasteiger partial charge in [0, 0.05) is 24.2 Å². The molecular formula is C20H21ClN4O2. The van der Waals surface area contributed by atoms with Crippen LogP contribution in [0.15, 0.2) is 53.1 Å². The van der Waals surface area contributed by atoms with Gasteiger partial charge in [0.25, 0.3) is 5.91 Å². The fourth-order valence-electron chi connectivity index (χ4n) is 3.32. The van der Waals surface area contributed by atoms with Gasteiger partial charge < -0.3 is 14.6 Å². The van der Waals surface area contributed by atoms with Gasteiger partial charge in [-0.3, -0.25) is 4.79 Å². The third kappa shape index (κ3) is 4.07.